The van der Waals surface area contributed by atoms with Crippen molar-refractivity contribution < 1.29 is 4.79 Å². The van der Waals surface area contributed by atoms with Gasteiger partial charge in [0.15, 0.2) is 0 Å². The number of carbonyl (C=O) groups excluding carboxylic acids is 1. The lowest BCUT2D eigenvalue weighted by Crippen LogP contribution is -2.35. The van der Waals surface area contributed by atoms with Crippen LogP contribution < -0.4 is 0 Å². The van der Waals surface area contributed by atoms with Gasteiger partial charge in [-0.25, -0.2) is 0 Å². The van der Waals surface area contributed by atoms with E-state index < -0.39 is 0 Å². The second-order valence-electron chi connectivity index (χ2n) is 4.63. The summed E-state index contributed by atoms with van der Waals surface area (Å²) in [7, 11) is 0. The summed E-state index contributed by atoms with van der Waals surface area (Å²) in [5.74, 6) is 0.781. The molecule has 1 heterocycles. The molecule has 4 heteroatoms. The first kappa shape index (κ1) is 13.7. The molecular weight excluding hydrogens is 269 g/mol. The Morgan fingerprint density at radius 3 is 2.72 bits per heavy atom. The Morgan fingerprint density at radius 1 is 1.33 bits per heavy atom. The van der Waals surface area contributed by atoms with Crippen molar-refractivity contribution in [3.05, 3.63) is 34.9 Å². The van der Waals surface area contributed by atoms with Crippen LogP contribution in [0.3, 0.4) is 0 Å². The third kappa shape index (κ3) is 3.18. The topological polar surface area (TPSA) is 20.3 Å². The van der Waals surface area contributed by atoms with E-state index >= 15 is 0 Å². The van der Waals surface area contributed by atoms with Crippen molar-refractivity contribution in [3.63, 3.8) is 0 Å². The second-order valence-corrected chi connectivity index (χ2v) is 5.45. The van der Waals surface area contributed by atoms with Crippen molar-refractivity contribution in [1.82, 2.24) is 4.90 Å². The number of hydrogen-bond donors (Lipinski definition) is 0. The number of rotatable bonds is 4. The van der Waals surface area contributed by atoms with Gasteiger partial charge in [-0.1, -0.05) is 11.6 Å². The summed E-state index contributed by atoms with van der Waals surface area (Å²) in [4.78, 5) is 14.4. The fraction of sp³-hybridized carbons (Fsp3) is 0.500. The molecule has 1 saturated heterocycles. The Bertz CT molecular complexity index is 405. The van der Waals surface area contributed by atoms with Crippen LogP contribution in [0.15, 0.2) is 24.3 Å². The van der Waals surface area contributed by atoms with Crippen LogP contribution >= 0.6 is 23.2 Å². The molecule has 0 bridgehead atoms. The van der Waals surface area contributed by atoms with E-state index in [2.05, 4.69) is 0 Å². The van der Waals surface area contributed by atoms with E-state index in [0.29, 0.717) is 16.9 Å². The molecule has 0 N–H and O–H groups in total. The predicted molar refractivity (Wildman–Crippen MR) is 75.5 cm³/mol. The number of carbonyl (C=O) groups is 1. The maximum atomic E-state index is 12.4. The Balaban J connectivity index is 2.05. The van der Waals surface area contributed by atoms with Crippen LogP contribution in [0.5, 0.6) is 0 Å². The van der Waals surface area contributed by atoms with Crippen molar-refractivity contribution in [2.75, 3.05) is 12.4 Å². The summed E-state index contributed by atoms with van der Waals surface area (Å²) in [6.45, 7) is 0.856. The molecule has 1 fully saturated rings. The van der Waals surface area contributed by atoms with Gasteiger partial charge in [-0.05, 0) is 49.9 Å². The maximum absolute atomic E-state index is 12.4. The first-order chi connectivity index (χ1) is 8.72. The lowest BCUT2D eigenvalue weighted by molar-refractivity contribution is 0.0730. The zero-order valence-electron chi connectivity index (χ0n) is 10.2. The van der Waals surface area contributed by atoms with Gasteiger partial charge >= 0.3 is 0 Å². The molecule has 0 radical (unpaired) electrons. The smallest absolute Gasteiger partial charge is 0.254 e. The Labute approximate surface area is 118 Å². The quantitative estimate of drug-likeness (QED) is 0.767. The Morgan fingerprint density at radius 2 is 2.06 bits per heavy atom. The highest BCUT2D eigenvalue weighted by molar-refractivity contribution is 6.30. The third-order valence-corrected chi connectivity index (χ3v) is 3.92. The van der Waals surface area contributed by atoms with Gasteiger partial charge in [0.1, 0.15) is 0 Å². The molecule has 0 saturated carbocycles. The number of likely N-dealkylation sites (tertiary alicyclic amines) is 1. The second kappa shape index (κ2) is 6.44. The number of amides is 1. The number of benzene rings is 1. The minimum absolute atomic E-state index is 0.115. The van der Waals surface area contributed by atoms with Gasteiger partial charge < -0.3 is 4.90 Å². The van der Waals surface area contributed by atoms with Crippen LogP contribution in [0.4, 0.5) is 0 Å². The largest absolute Gasteiger partial charge is 0.336 e. The van der Waals surface area contributed by atoms with Gasteiger partial charge in [0.2, 0.25) is 0 Å². The number of halogens is 2. The molecule has 1 aliphatic heterocycles. The monoisotopic (exact) mass is 285 g/mol. The fourth-order valence-corrected chi connectivity index (χ4v) is 2.75. The van der Waals surface area contributed by atoms with Gasteiger partial charge in [0.05, 0.1) is 0 Å². The van der Waals surface area contributed by atoms with Crippen LogP contribution in [-0.2, 0) is 0 Å². The van der Waals surface area contributed by atoms with Crippen LogP contribution in [0.2, 0.25) is 5.02 Å². The van der Waals surface area contributed by atoms with Crippen molar-refractivity contribution in [1.29, 1.82) is 0 Å². The molecule has 1 unspecified atom stereocenters. The molecule has 0 aromatic heterocycles. The van der Waals surface area contributed by atoms with Gasteiger partial charge in [-0.2, -0.15) is 0 Å². The molecule has 18 heavy (non-hydrogen) atoms. The molecule has 0 spiro atoms. The normalized spacial score (nSPS) is 19.2. The van der Waals surface area contributed by atoms with Crippen molar-refractivity contribution in [2.45, 2.75) is 31.7 Å². The lowest BCUT2D eigenvalue weighted by atomic mass is 10.1. The van der Waals surface area contributed by atoms with E-state index in [1.807, 2.05) is 4.90 Å². The van der Waals surface area contributed by atoms with E-state index in [1.54, 1.807) is 24.3 Å². The van der Waals surface area contributed by atoms with Crippen molar-refractivity contribution in [2.24, 2.45) is 0 Å². The number of alkyl halides is 1. The minimum atomic E-state index is 0.115. The summed E-state index contributed by atoms with van der Waals surface area (Å²) in [5.41, 5.74) is 0.720. The van der Waals surface area contributed by atoms with Gasteiger partial charge in [-0.3, -0.25) is 4.79 Å². The Hall–Kier alpha value is -0.730. The highest BCUT2D eigenvalue weighted by Crippen LogP contribution is 2.24. The van der Waals surface area contributed by atoms with E-state index in [0.717, 1.165) is 37.8 Å². The molecule has 1 aliphatic rings. The zero-order valence-corrected chi connectivity index (χ0v) is 11.8. The highest BCUT2D eigenvalue weighted by atomic mass is 35.5. The van der Waals surface area contributed by atoms with E-state index in [-0.39, 0.29) is 5.91 Å². The van der Waals surface area contributed by atoms with Crippen LogP contribution in [-0.4, -0.2) is 29.3 Å². The average Bonchev–Trinajstić information content (AvgIpc) is 2.84. The fourth-order valence-electron chi connectivity index (χ4n) is 2.47. The molecule has 1 atom stereocenters. The van der Waals surface area contributed by atoms with Crippen LogP contribution in [0.25, 0.3) is 0 Å². The summed E-state index contributed by atoms with van der Waals surface area (Å²) in [6.07, 6.45) is 4.15. The standard InChI is InChI=1S/C14H17Cl2NO/c15-9-1-3-13-4-2-10-17(13)14(18)11-5-7-12(16)8-6-11/h5-8,13H,1-4,9-10H2. The zero-order chi connectivity index (χ0) is 13.0. The molecule has 2 nitrogen and oxygen atoms in total. The molecule has 1 amide bonds. The van der Waals surface area contributed by atoms with Gasteiger partial charge in [-0.15, -0.1) is 11.6 Å². The summed E-state index contributed by atoms with van der Waals surface area (Å²) in [5, 5.41) is 0.659. The molecule has 0 aliphatic carbocycles. The predicted octanol–water partition coefficient (Wildman–Crippen LogP) is 3.96. The SMILES string of the molecule is O=C(c1ccc(Cl)cc1)N1CCCC1CCCCl. The maximum Gasteiger partial charge on any atom is 0.254 e. The molecule has 98 valence electrons. The van der Waals surface area contributed by atoms with Crippen LogP contribution in [0, 0.1) is 0 Å². The molecular formula is C14H17Cl2NO. The van der Waals surface area contributed by atoms with Gasteiger partial charge in [0.25, 0.3) is 5.91 Å². The average molecular weight is 286 g/mol. The van der Waals surface area contributed by atoms with Crippen LogP contribution in [0.1, 0.15) is 36.0 Å². The van der Waals surface area contributed by atoms with E-state index in [1.165, 1.54) is 0 Å². The molecule has 2 rings (SSSR count). The number of nitrogens with zero attached hydrogens (tertiary/aromatic N) is 1. The molecule has 1 aromatic rings. The summed E-state index contributed by atoms with van der Waals surface area (Å²) < 4.78 is 0. The number of hydrogen-bond acceptors (Lipinski definition) is 1. The molecule has 1 aromatic carbocycles. The van der Waals surface area contributed by atoms with E-state index in [9.17, 15) is 4.79 Å². The minimum Gasteiger partial charge on any atom is -0.336 e. The first-order valence-electron chi connectivity index (χ1n) is 6.35. The van der Waals surface area contributed by atoms with Crippen molar-refractivity contribution >= 4 is 29.1 Å². The first-order valence-corrected chi connectivity index (χ1v) is 7.26. The third-order valence-electron chi connectivity index (χ3n) is 3.40. The highest BCUT2D eigenvalue weighted by Gasteiger charge is 2.28. The van der Waals surface area contributed by atoms with Crippen molar-refractivity contribution in [3.8, 4) is 0 Å². The van der Waals surface area contributed by atoms with Gasteiger partial charge in [0, 0.05) is 29.1 Å². The lowest BCUT2D eigenvalue weighted by Gasteiger charge is -2.24. The van der Waals surface area contributed by atoms with E-state index in [4.69, 9.17) is 23.2 Å². The summed E-state index contributed by atoms with van der Waals surface area (Å²) >= 11 is 11.6. The summed E-state index contributed by atoms with van der Waals surface area (Å²) in [6, 6.07) is 7.47. The Kier molecular flexibility index (Phi) is 4.90.